The van der Waals surface area contributed by atoms with Crippen molar-refractivity contribution in [3.05, 3.63) is 118 Å². The lowest BCUT2D eigenvalue weighted by Gasteiger charge is -2.34. The third kappa shape index (κ3) is 3.68. The molecule has 2 aliphatic rings. The van der Waals surface area contributed by atoms with Crippen LogP contribution < -0.4 is 0 Å². The topological polar surface area (TPSA) is 9.23 Å². The summed E-state index contributed by atoms with van der Waals surface area (Å²) >= 11 is 0. The predicted molar refractivity (Wildman–Crippen MR) is 119 cm³/mol. The summed E-state index contributed by atoms with van der Waals surface area (Å²) in [5, 5.41) is 0. The van der Waals surface area contributed by atoms with E-state index in [0.717, 1.165) is 29.6 Å². The number of ether oxygens (including phenoxy) is 1. The number of fused-ring (bicyclic) bond motifs is 3. The van der Waals surface area contributed by atoms with Crippen molar-refractivity contribution in [3.63, 3.8) is 0 Å². The van der Waals surface area contributed by atoms with Crippen LogP contribution >= 0.6 is 0 Å². The highest BCUT2D eigenvalue weighted by Gasteiger charge is 2.31. The van der Waals surface area contributed by atoms with Crippen LogP contribution in [0.2, 0.25) is 0 Å². The van der Waals surface area contributed by atoms with Crippen molar-refractivity contribution in [3.8, 4) is 11.8 Å². The summed E-state index contributed by atoms with van der Waals surface area (Å²) in [6, 6.07) is 29.3. The van der Waals surface area contributed by atoms with Crippen LogP contribution in [0.5, 0.6) is 0 Å². The molecule has 3 aromatic rings. The van der Waals surface area contributed by atoms with Gasteiger partial charge in [-0.05, 0) is 53.3 Å². The van der Waals surface area contributed by atoms with Gasteiger partial charge < -0.3 is 4.74 Å². The minimum atomic E-state index is 0.123. The van der Waals surface area contributed by atoms with Gasteiger partial charge in [0.05, 0.1) is 12.7 Å². The van der Waals surface area contributed by atoms with Gasteiger partial charge in [-0.3, -0.25) is 0 Å². The Kier molecular flexibility index (Phi) is 4.87. The molecule has 1 heteroatoms. The Labute approximate surface area is 172 Å². The van der Waals surface area contributed by atoms with Gasteiger partial charge in [0.1, 0.15) is 0 Å². The van der Waals surface area contributed by atoms with Crippen LogP contribution in [0.1, 0.15) is 28.7 Å². The summed E-state index contributed by atoms with van der Waals surface area (Å²) in [5.74, 6) is 6.92. The lowest BCUT2D eigenvalue weighted by Crippen LogP contribution is -2.28. The van der Waals surface area contributed by atoms with Crippen molar-refractivity contribution in [2.75, 3.05) is 6.61 Å². The zero-order chi connectivity index (χ0) is 19.5. The van der Waals surface area contributed by atoms with E-state index in [9.17, 15) is 0 Å². The Morgan fingerprint density at radius 2 is 1.52 bits per heavy atom. The molecule has 1 aliphatic heterocycles. The van der Waals surface area contributed by atoms with Gasteiger partial charge in [0, 0.05) is 16.7 Å². The summed E-state index contributed by atoms with van der Waals surface area (Å²) < 4.78 is 6.31. The van der Waals surface area contributed by atoms with Crippen LogP contribution in [0.3, 0.4) is 0 Å². The first-order chi connectivity index (χ1) is 14.4. The van der Waals surface area contributed by atoms with Crippen LogP contribution in [-0.2, 0) is 11.2 Å². The molecule has 0 radical (unpaired) electrons. The molecule has 0 fully saturated rings. The van der Waals surface area contributed by atoms with E-state index in [4.69, 9.17) is 4.74 Å². The van der Waals surface area contributed by atoms with Gasteiger partial charge in [0.2, 0.25) is 0 Å². The summed E-state index contributed by atoms with van der Waals surface area (Å²) in [6.07, 6.45) is 4.41. The molecular weight excluding hydrogens is 352 g/mol. The summed E-state index contributed by atoms with van der Waals surface area (Å²) in [7, 11) is 0. The minimum Gasteiger partial charge on any atom is -0.369 e. The largest absolute Gasteiger partial charge is 0.369 e. The van der Waals surface area contributed by atoms with Crippen LogP contribution in [-0.4, -0.2) is 12.7 Å². The highest BCUT2D eigenvalue weighted by atomic mass is 16.5. The van der Waals surface area contributed by atoms with Crippen molar-refractivity contribution >= 4 is 11.6 Å². The monoisotopic (exact) mass is 374 g/mol. The molecule has 0 bridgehead atoms. The van der Waals surface area contributed by atoms with E-state index in [-0.39, 0.29) is 6.10 Å². The standard InChI is InChI=1S/C28H22O/c1-3-9-21(10-4-1)15-17-26-24(19-22-11-5-2-6-12-22)20-29-27-18-16-23-13-7-8-14-25(23)28(26)27/h1-14,19,27H,16,18,20H2/b24-19+. The third-order valence-electron chi connectivity index (χ3n) is 5.58. The van der Waals surface area contributed by atoms with Crippen molar-refractivity contribution < 1.29 is 4.74 Å². The van der Waals surface area contributed by atoms with Gasteiger partial charge in [-0.25, -0.2) is 0 Å². The van der Waals surface area contributed by atoms with E-state index >= 15 is 0 Å². The molecule has 0 spiro atoms. The molecule has 0 saturated carbocycles. The van der Waals surface area contributed by atoms with Crippen LogP contribution in [0.25, 0.3) is 11.6 Å². The fourth-order valence-electron chi connectivity index (χ4n) is 4.17. The Bertz CT molecular complexity index is 1140. The summed E-state index contributed by atoms with van der Waals surface area (Å²) in [5.41, 5.74) is 8.43. The van der Waals surface area contributed by atoms with E-state index in [1.165, 1.54) is 22.3 Å². The molecule has 1 unspecified atom stereocenters. The van der Waals surface area contributed by atoms with Gasteiger partial charge >= 0.3 is 0 Å². The van der Waals surface area contributed by atoms with E-state index in [2.05, 4.69) is 78.6 Å². The zero-order valence-corrected chi connectivity index (χ0v) is 16.3. The molecule has 5 rings (SSSR count). The predicted octanol–water partition coefficient (Wildman–Crippen LogP) is 5.92. The number of benzene rings is 3. The highest BCUT2D eigenvalue weighted by molar-refractivity contribution is 5.85. The van der Waals surface area contributed by atoms with Gasteiger partial charge in [0.25, 0.3) is 0 Å². The quantitative estimate of drug-likeness (QED) is 0.480. The first kappa shape index (κ1) is 17.7. The number of aryl methyl sites for hydroxylation is 1. The molecule has 0 N–H and O–H groups in total. The van der Waals surface area contributed by atoms with Crippen molar-refractivity contribution in [1.82, 2.24) is 0 Å². The van der Waals surface area contributed by atoms with Crippen LogP contribution in [0, 0.1) is 11.8 Å². The Morgan fingerprint density at radius 1 is 0.793 bits per heavy atom. The second kappa shape index (κ2) is 7.95. The third-order valence-corrected chi connectivity index (χ3v) is 5.58. The molecule has 140 valence electrons. The average Bonchev–Trinajstić information content (AvgIpc) is 2.79. The zero-order valence-electron chi connectivity index (χ0n) is 16.3. The fourth-order valence-corrected chi connectivity index (χ4v) is 4.17. The summed E-state index contributed by atoms with van der Waals surface area (Å²) in [6.45, 7) is 0.601. The van der Waals surface area contributed by atoms with Gasteiger partial charge in [-0.1, -0.05) is 84.6 Å². The van der Waals surface area contributed by atoms with Crippen molar-refractivity contribution in [2.24, 2.45) is 0 Å². The smallest absolute Gasteiger partial charge is 0.0850 e. The average molecular weight is 374 g/mol. The van der Waals surface area contributed by atoms with Gasteiger partial charge in [0.15, 0.2) is 0 Å². The lowest BCUT2D eigenvalue weighted by molar-refractivity contribution is 0.0979. The maximum atomic E-state index is 6.31. The second-order valence-electron chi connectivity index (χ2n) is 7.48. The first-order valence-electron chi connectivity index (χ1n) is 10.2. The van der Waals surface area contributed by atoms with E-state index in [0.29, 0.717) is 6.61 Å². The van der Waals surface area contributed by atoms with Gasteiger partial charge in [-0.15, -0.1) is 0 Å². The second-order valence-corrected chi connectivity index (χ2v) is 7.48. The maximum Gasteiger partial charge on any atom is 0.0850 e. The van der Waals surface area contributed by atoms with Crippen LogP contribution in [0.15, 0.2) is 96.1 Å². The van der Waals surface area contributed by atoms with E-state index in [1.54, 1.807) is 0 Å². The molecule has 1 atom stereocenters. The molecule has 0 aromatic heterocycles. The molecule has 0 amide bonds. The van der Waals surface area contributed by atoms with Crippen LogP contribution in [0.4, 0.5) is 0 Å². The highest BCUT2D eigenvalue weighted by Crippen LogP contribution is 2.40. The van der Waals surface area contributed by atoms with E-state index < -0.39 is 0 Å². The number of hydrogen-bond acceptors (Lipinski definition) is 1. The normalized spacial score (nSPS) is 19.2. The van der Waals surface area contributed by atoms with Gasteiger partial charge in [-0.2, -0.15) is 0 Å². The molecule has 3 aromatic carbocycles. The molecule has 29 heavy (non-hydrogen) atoms. The Hall–Kier alpha value is -3.34. The summed E-state index contributed by atoms with van der Waals surface area (Å²) in [4.78, 5) is 0. The molecule has 1 nitrogen and oxygen atoms in total. The fraction of sp³-hybridized carbons (Fsp3) is 0.143. The van der Waals surface area contributed by atoms with Crippen molar-refractivity contribution in [1.29, 1.82) is 0 Å². The molecule has 1 heterocycles. The lowest BCUT2D eigenvalue weighted by atomic mass is 9.79. The molecule has 0 saturated heterocycles. The number of rotatable bonds is 1. The maximum absolute atomic E-state index is 6.31. The number of hydrogen-bond donors (Lipinski definition) is 0. The SMILES string of the molecule is C(#Cc1ccccc1)C1=C2c3ccccc3CCC2OC/C1=C\c1ccccc1. The minimum absolute atomic E-state index is 0.123. The van der Waals surface area contributed by atoms with Crippen molar-refractivity contribution in [2.45, 2.75) is 18.9 Å². The van der Waals surface area contributed by atoms with E-state index in [1.807, 2.05) is 24.3 Å². The Morgan fingerprint density at radius 3 is 2.34 bits per heavy atom. The molecule has 1 aliphatic carbocycles. The molecular formula is C28H22O. The Balaban J connectivity index is 1.70. The first-order valence-corrected chi connectivity index (χ1v) is 10.2.